The van der Waals surface area contributed by atoms with Gasteiger partial charge in [0.05, 0.1) is 11.2 Å². The van der Waals surface area contributed by atoms with Crippen LogP contribution in [0.5, 0.6) is 0 Å². The van der Waals surface area contributed by atoms with E-state index in [1.165, 1.54) is 11.3 Å². The van der Waals surface area contributed by atoms with Crippen molar-refractivity contribution in [2.45, 2.75) is 59.5 Å². The zero-order chi connectivity index (χ0) is 13.7. The summed E-state index contributed by atoms with van der Waals surface area (Å²) in [5.41, 5.74) is 0. The summed E-state index contributed by atoms with van der Waals surface area (Å²) in [6.45, 7) is 10.1. The summed E-state index contributed by atoms with van der Waals surface area (Å²) in [4.78, 5) is 22.2. The van der Waals surface area contributed by atoms with E-state index in [4.69, 9.17) is 4.84 Å². The Labute approximate surface area is 113 Å². The summed E-state index contributed by atoms with van der Waals surface area (Å²) in [6.07, 6.45) is 3.55. The second-order valence-corrected chi connectivity index (χ2v) is 5.91. The first-order chi connectivity index (χ1) is 8.45. The molecular formula is C13H22N2O2S. The molecule has 0 amide bonds. The molecule has 0 saturated heterocycles. The maximum atomic E-state index is 12.0. The molecule has 102 valence electrons. The van der Waals surface area contributed by atoms with Crippen LogP contribution in [0.1, 0.15) is 55.7 Å². The van der Waals surface area contributed by atoms with Gasteiger partial charge >= 0.3 is 5.97 Å². The highest BCUT2D eigenvalue weighted by atomic mass is 32.1. The third-order valence-electron chi connectivity index (χ3n) is 2.42. The van der Waals surface area contributed by atoms with Crippen LogP contribution in [-0.2, 0) is 11.3 Å². The molecule has 1 heterocycles. The third kappa shape index (κ3) is 4.07. The van der Waals surface area contributed by atoms with Crippen molar-refractivity contribution < 1.29 is 9.63 Å². The minimum absolute atomic E-state index is 0.164. The summed E-state index contributed by atoms with van der Waals surface area (Å²) < 4.78 is 0. The summed E-state index contributed by atoms with van der Waals surface area (Å²) in [6, 6.07) is 0.328. The molecule has 0 atom stereocenters. The Morgan fingerprint density at radius 1 is 1.39 bits per heavy atom. The van der Waals surface area contributed by atoms with Gasteiger partial charge in [0, 0.05) is 12.1 Å². The van der Waals surface area contributed by atoms with E-state index in [-0.39, 0.29) is 18.1 Å². The quantitative estimate of drug-likeness (QED) is 0.744. The molecule has 0 fully saturated rings. The van der Waals surface area contributed by atoms with E-state index in [0.29, 0.717) is 4.88 Å². The molecule has 0 aliphatic rings. The minimum atomic E-state index is -0.308. The van der Waals surface area contributed by atoms with Crippen LogP contribution >= 0.6 is 11.3 Å². The maximum absolute atomic E-state index is 12.0. The van der Waals surface area contributed by atoms with Gasteiger partial charge in [-0.3, -0.25) is 0 Å². The van der Waals surface area contributed by atoms with Crippen molar-refractivity contribution in [1.82, 2.24) is 10.0 Å². The summed E-state index contributed by atoms with van der Waals surface area (Å²) in [5.74, 6) is -0.308. The van der Waals surface area contributed by atoms with E-state index >= 15 is 0 Å². The molecule has 0 spiro atoms. The van der Waals surface area contributed by atoms with Crippen molar-refractivity contribution in [1.29, 1.82) is 0 Å². The zero-order valence-electron chi connectivity index (χ0n) is 11.8. The van der Waals surface area contributed by atoms with Crippen molar-refractivity contribution in [2.75, 3.05) is 0 Å². The van der Waals surface area contributed by atoms with Crippen molar-refractivity contribution in [2.24, 2.45) is 0 Å². The second-order valence-electron chi connectivity index (χ2n) is 4.79. The summed E-state index contributed by atoms with van der Waals surface area (Å²) in [5, 5.41) is 2.70. The van der Waals surface area contributed by atoms with Crippen molar-refractivity contribution in [3.05, 3.63) is 16.1 Å². The summed E-state index contributed by atoms with van der Waals surface area (Å²) in [7, 11) is 0. The molecule has 1 aromatic heterocycles. The maximum Gasteiger partial charge on any atom is 0.368 e. The molecule has 0 unspecified atom stereocenters. The number of hydrogen-bond donors (Lipinski definition) is 0. The van der Waals surface area contributed by atoms with Crippen LogP contribution in [0.25, 0.3) is 0 Å². The van der Waals surface area contributed by atoms with Gasteiger partial charge in [-0.05, 0) is 40.5 Å². The van der Waals surface area contributed by atoms with Gasteiger partial charge in [0.25, 0.3) is 0 Å². The molecule has 0 N–H and O–H groups in total. The lowest BCUT2D eigenvalue weighted by molar-refractivity contribution is -0.150. The Hall–Kier alpha value is -0.940. The topological polar surface area (TPSA) is 42.4 Å². The van der Waals surface area contributed by atoms with E-state index < -0.39 is 0 Å². The molecule has 0 radical (unpaired) electrons. The van der Waals surface area contributed by atoms with Gasteiger partial charge in [0.15, 0.2) is 0 Å². The SMILES string of the molecule is CCCc1ncc(C(=O)ON(C(C)C)C(C)C)s1. The molecule has 5 heteroatoms. The molecule has 0 aromatic carbocycles. The standard InChI is InChI=1S/C13H22N2O2S/c1-6-7-12-14-8-11(18-12)13(16)17-15(9(2)3)10(4)5/h8-10H,6-7H2,1-5H3. The van der Waals surface area contributed by atoms with Gasteiger partial charge in [0.2, 0.25) is 0 Å². The molecule has 0 saturated carbocycles. The monoisotopic (exact) mass is 270 g/mol. The number of rotatable bonds is 6. The van der Waals surface area contributed by atoms with Crippen LogP contribution in [0.4, 0.5) is 0 Å². The van der Waals surface area contributed by atoms with E-state index in [1.807, 2.05) is 27.7 Å². The van der Waals surface area contributed by atoms with E-state index in [2.05, 4.69) is 11.9 Å². The Morgan fingerprint density at radius 2 is 2.00 bits per heavy atom. The van der Waals surface area contributed by atoms with Crippen LogP contribution in [0.15, 0.2) is 6.20 Å². The molecular weight excluding hydrogens is 248 g/mol. The normalized spacial score (nSPS) is 11.6. The molecule has 1 rings (SSSR count). The van der Waals surface area contributed by atoms with Gasteiger partial charge in [-0.25, -0.2) is 9.78 Å². The second kappa shape index (κ2) is 6.85. The molecule has 18 heavy (non-hydrogen) atoms. The Kier molecular flexibility index (Phi) is 5.75. The zero-order valence-corrected chi connectivity index (χ0v) is 12.6. The third-order valence-corrected chi connectivity index (χ3v) is 3.46. The largest absolute Gasteiger partial charge is 0.368 e. The lowest BCUT2D eigenvalue weighted by atomic mass is 10.3. The number of carbonyl (C=O) groups is 1. The molecule has 4 nitrogen and oxygen atoms in total. The molecule has 0 aliphatic heterocycles. The van der Waals surface area contributed by atoms with Crippen LogP contribution in [-0.4, -0.2) is 28.1 Å². The number of nitrogens with zero attached hydrogens (tertiary/aromatic N) is 2. The van der Waals surface area contributed by atoms with Crippen LogP contribution < -0.4 is 0 Å². The lowest BCUT2D eigenvalue weighted by Gasteiger charge is -2.27. The Balaban J connectivity index is 2.68. The van der Waals surface area contributed by atoms with E-state index in [0.717, 1.165) is 17.8 Å². The highest BCUT2D eigenvalue weighted by molar-refractivity contribution is 7.13. The van der Waals surface area contributed by atoms with Crippen LogP contribution in [0.3, 0.4) is 0 Å². The first-order valence-corrected chi connectivity index (χ1v) is 7.22. The predicted molar refractivity (Wildman–Crippen MR) is 73.6 cm³/mol. The molecule has 1 aromatic rings. The fraction of sp³-hybridized carbons (Fsp3) is 0.692. The minimum Gasteiger partial charge on any atom is -0.363 e. The average Bonchev–Trinajstić information content (AvgIpc) is 2.73. The van der Waals surface area contributed by atoms with Crippen molar-refractivity contribution >= 4 is 17.3 Å². The van der Waals surface area contributed by atoms with Crippen molar-refractivity contribution in [3.8, 4) is 0 Å². The number of hydrogen-bond acceptors (Lipinski definition) is 5. The highest BCUT2D eigenvalue weighted by Crippen LogP contribution is 2.17. The van der Waals surface area contributed by atoms with Gasteiger partial charge < -0.3 is 4.84 Å². The van der Waals surface area contributed by atoms with Gasteiger partial charge in [0.1, 0.15) is 4.88 Å². The fourth-order valence-corrected chi connectivity index (χ4v) is 2.57. The number of aryl methyl sites for hydroxylation is 1. The van der Waals surface area contributed by atoms with Crippen LogP contribution in [0.2, 0.25) is 0 Å². The number of carbonyl (C=O) groups excluding carboxylic acids is 1. The first kappa shape index (κ1) is 15.1. The number of thiazole rings is 1. The fourth-order valence-electron chi connectivity index (χ4n) is 1.68. The summed E-state index contributed by atoms with van der Waals surface area (Å²) >= 11 is 1.42. The Morgan fingerprint density at radius 3 is 2.50 bits per heavy atom. The first-order valence-electron chi connectivity index (χ1n) is 6.41. The van der Waals surface area contributed by atoms with Gasteiger partial charge in [-0.2, -0.15) is 0 Å². The number of hydroxylamine groups is 2. The highest BCUT2D eigenvalue weighted by Gasteiger charge is 2.21. The van der Waals surface area contributed by atoms with E-state index in [1.54, 1.807) is 11.3 Å². The lowest BCUT2D eigenvalue weighted by Crippen LogP contribution is -2.38. The predicted octanol–water partition coefficient (Wildman–Crippen LogP) is 3.29. The molecule has 0 aliphatic carbocycles. The van der Waals surface area contributed by atoms with Gasteiger partial charge in [-0.15, -0.1) is 16.4 Å². The van der Waals surface area contributed by atoms with Crippen LogP contribution in [0, 0.1) is 0 Å². The smallest absolute Gasteiger partial charge is 0.363 e. The Bertz CT molecular complexity index is 380. The number of aromatic nitrogens is 1. The molecule has 0 bridgehead atoms. The van der Waals surface area contributed by atoms with E-state index in [9.17, 15) is 4.79 Å². The average molecular weight is 270 g/mol. The van der Waals surface area contributed by atoms with Gasteiger partial charge in [-0.1, -0.05) is 6.92 Å². The van der Waals surface area contributed by atoms with Crippen molar-refractivity contribution in [3.63, 3.8) is 0 Å².